The Morgan fingerprint density at radius 3 is 2.52 bits per heavy atom. The van der Waals surface area contributed by atoms with E-state index in [0.29, 0.717) is 5.92 Å². The van der Waals surface area contributed by atoms with Gasteiger partial charge in [-0.1, -0.05) is 50.1 Å². The first-order valence-corrected chi connectivity index (χ1v) is 9.32. The van der Waals surface area contributed by atoms with E-state index in [4.69, 9.17) is 0 Å². The number of rotatable bonds is 5. The predicted octanol–water partition coefficient (Wildman–Crippen LogP) is 2.30. The second-order valence-corrected chi connectivity index (χ2v) is 8.02. The summed E-state index contributed by atoms with van der Waals surface area (Å²) < 4.78 is 24.1. The second-order valence-electron chi connectivity index (χ2n) is 5.95. The Morgan fingerprint density at radius 1 is 1.19 bits per heavy atom. The van der Waals surface area contributed by atoms with Gasteiger partial charge >= 0.3 is 0 Å². The molecule has 4 nitrogen and oxygen atoms in total. The van der Waals surface area contributed by atoms with Crippen molar-refractivity contribution in [1.82, 2.24) is 5.32 Å². The van der Waals surface area contributed by atoms with Gasteiger partial charge in [-0.3, -0.25) is 4.79 Å². The van der Waals surface area contributed by atoms with Crippen LogP contribution in [0.5, 0.6) is 0 Å². The van der Waals surface area contributed by atoms with Crippen LogP contribution in [0.4, 0.5) is 0 Å². The predicted molar refractivity (Wildman–Crippen MR) is 83.5 cm³/mol. The highest BCUT2D eigenvalue weighted by atomic mass is 32.2. The fourth-order valence-corrected chi connectivity index (χ4v) is 4.14. The smallest absolute Gasteiger partial charge is 0.235 e. The Kier molecular flexibility index (Phi) is 5.39. The average molecular weight is 309 g/mol. The summed E-state index contributed by atoms with van der Waals surface area (Å²) in [5.74, 6) is -0.448. The lowest BCUT2D eigenvalue weighted by Crippen LogP contribution is -2.43. The molecule has 0 aromatic heterocycles. The Labute approximate surface area is 126 Å². The fraction of sp³-hybridized carbons (Fsp3) is 0.562. The summed E-state index contributed by atoms with van der Waals surface area (Å²) in [6.45, 7) is 2.11. The van der Waals surface area contributed by atoms with Gasteiger partial charge in [-0.15, -0.1) is 0 Å². The molecule has 0 saturated heterocycles. The Bertz CT molecular complexity index is 568. The van der Waals surface area contributed by atoms with E-state index in [2.05, 4.69) is 12.2 Å². The van der Waals surface area contributed by atoms with E-state index in [0.717, 1.165) is 24.8 Å². The molecule has 1 aliphatic carbocycles. The molecule has 1 aromatic rings. The van der Waals surface area contributed by atoms with E-state index in [1.165, 1.54) is 6.42 Å². The van der Waals surface area contributed by atoms with Crippen LogP contribution in [0.1, 0.15) is 38.2 Å². The van der Waals surface area contributed by atoms with Crippen LogP contribution in [0.25, 0.3) is 0 Å². The normalized spacial score (nSPS) is 22.7. The molecular weight excluding hydrogens is 286 g/mol. The molecule has 1 fully saturated rings. The second kappa shape index (κ2) is 7.07. The Balaban J connectivity index is 1.89. The molecule has 1 aliphatic rings. The van der Waals surface area contributed by atoms with Crippen molar-refractivity contribution in [3.8, 4) is 0 Å². The zero-order valence-electron chi connectivity index (χ0n) is 12.4. The van der Waals surface area contributed by atoms with Crippen LogP contribution in [-0.4, -0.2) is 26.1 Å². The highest BCUT2D eigenvalue weighted by molar-refractivity contribution is 7.91. The van der Waals surface area contributed by atoms with Crippen LogP contribution in [0, 0.1) is 5.92 Å². The van der Waals surface area contributed by atoms with Crippen LogP contribution in [-0.2, 0) is 20.4 Å². The van der Waals surface area contributed by atoms with E-state index in [-0.39, 0.29) is 17.7 Å². The summed E-state index contributed by atoms with van der Waals surface area (Å²) in [7, 11) is -3.41. The van der Waals surface area contributed by atoms with Gasteiger partial charge in [0.25, 0.3) is 0 Å². The average Bonchev–Trinajstić information content (AvgIpc) is 2.41. The number of carbonyl (C=O) groups is 1. The quantitative estimate of drug-likeness (QED) is 0.907. The van der Waals surface area contributed by atoms with Crippen LogP contribution >= 0.6 is 0 Å². The van der Waals surface area contributed by atoms with Gasteiger partial charge in [0.05, 0.1) is 5.75 Å². The minimum Gasteiger partial charge on any atom is -0.352 e. The van der Waals surface area contributed by atoms with Crippen molar-refractivity contribution >= 4 is 15.7 Å². The minimum absolute atomic E-state index is 0.0819. The van der Waals surface area contributed by atoms with Gasteiger partial charge in [0.2, 0.25) is 5.91 Å². The molecular formula is C16H23NO3S. The Hall–Kier alpha value is -1.36. The molecule has 2 unspecified atom stereocenters. The van der Waals surface area contributed by atoms with E-state index >= 15 is 0 Å². The number of carbonyl (C=O) groups excluding carboxylic acids is 1. The highest BCUT2D eigenvalue weighted by Gasteiger charge is 2.25. The van der Waals surface area contributed by atoms with Crippen molar-refractivity contribution in [2.24, 2.45) is 5.92 Å². The zero-order chi connectivity index (χ0) is 15.3. The first-order valence-electron chi connectivity index (χ1n) is 7.50. The number of hydrogen-bond donors (Lipinski definition) is 1. The molecule has 2 rings (SSSR count). The zero-order valence-corrected chi connectivity index (χ0v) is 13.2. The molecule has 1 aromatic carbocycles. The summed E-state index contributed by atoms with van der Waals surface area (Å²) in [6.07, 6.45) is 4.35. The monoisotopic (exact) mass is 309 g/mol. The third-order valence-corrected chi connectivity index (χ3v) is 5.51. The number of nitrogens with one attached hydrogen (secondary N) is 1. The van der Waals surface area contributed by atoms with Gasteiger partial charge in [-0.05, 0) is 24.3 Å². The van der Waals surface area contributed by atoms with E-state index in [9.17, 15) is 13.2 Å². The third-order valence-electron chi connectivity index (χ3n) is 4.04. The summed E-state index contributed by atoms with van der Waals surface area (Å²) in [6, 6.07) is 9.09. The van der Waals surface area contributed by atoms with Crippen molar-refractivity contribution in [3.63, 3.8) is 0 Å². The van der Waals surface area contributed by atoms with Crippen LogP contribution in [0.2, 0.25) is 0 Å². The molecule has 1 saturated carbocycles. The molecule has 2 atom stereocenters. The molecule has 1 N–H and O–H groups in total. The van der Waals surface area contributed by atoms with Crippen LogP contribution in [0.15, 0.2) is 30.3 Å². The third kappa shape index (κ3) is 5.16. The summed E-state index contributed by atoms with van der Waals surface area (Å²) >= 11 is 0. The molecule has 0 aliphatic heterocycles. The van der Waals surface area contributed by atoms with Crippen molar-refractivity contribution in [3.05, 3.63) is 35.9 Å². The van der Waals surface area contributed by atoms with Crippen molar-refractivity contribution in [2.75, 3.05) is 5.75 Å². The summed E-state index contributed by atoms with van der Waals surface area (Å²) in [5.41, 5.74) is 0.719. The molecule has 0 radical (unpaired) electrons. The molecule has 116 valence electrons. The summed E-state index contributed by atoms with van der Waals surface area (Å²) in [4.78, 5) is 12.0. The largest absolute Gasteiger partial charge is 0.352 e. The van der Waals surface area contributed by atoms with Gasteiger partial charge in [-0.25, -0.2) is 8.42 Å². The van der Waals surface area contributed by atoms with E-state index in [1.807, 2.05) is 6.07 Å². The Morgan fingerprint density at radius 2 is 1.86 bits per heavy atom. The minimum atomic E-state index is -3.41. The number of sulfone groups is 1. The first kappa shape index (κ1) is 16.0. The highest BCUT2D eigenvalue weighted by Crippen LogP contribution is 2.23. The molecule has 21 heavy (non-hydrogen) atoms. The molecule has 0 heterocycles. The number of hydrogen-bond acceptors (Lipinski definition) is 3. The van der Waals surface area contributed by atoms with Crippen molar-refractivity contribution in [1.29, 1.82) is 0 Å². The van der Waals surface area contributed by atoms with Crippen LogP contribution < -0.4 is 5.32 Å². The molecule has 0 bridgehead atoms. The fourth-order valence-electron chi connectivity index (χ4n) is 2.86. The van der Waals surface area contributed by atoms with Crippen molar-refractivity contribution < 1.29 is 13.2 Å². The van der Waals surface area contributed by atoms with E-state index in [1.54, 1.807) is 24.3 Å². The van der Waals surface area contributed by atoms with Gasteiger partial charge in [0, 0.05) is 6.04 Å². The lowest BCUT2D eigenvalue weighted by Gasteiger charge is -2.29. The lowest BCUT2D eigenvalue weighted by atomic mass is 9.86. The maximum Gasteiger partial charge on any atom is 0.235 e. The number of benzene rings is 1. The molecule has 0 spiro atoms. The van der Waals surface area contributed by atoms with E-state index < -0.39 is 15.6 Å². The lowest BCUT2D eigenvalue weighted by molar-refractivity contribution is -0.119. The first-order chi connectivity index (χ1) is 9.96. The van der Waals surface area contributed by atoms with Gasteiger partial charge in [-0.2, -0.15) is 0 Å². The number of amides is 1. The van der Waals surface area contributed by atoms with Gasteiger partial charge in [0.1, 0.15) is 5.75 Å². The molecule has 1 amide bonds. The summed E-state index contributed by atoms with van der Waals surface area (Å²) in [5, 5.41) is 2.89. The SMILES string of the molecule is CC1CCCCC1NC(=O)CS(=O)(=O)Cc1ccccc1. The standard InChI is InChI=1S/C16H23NO3S/c1-13-7-5-6-10-15(13)17-16(18)12-21(19,20)11-14-8-3-2-4-9-14/h2-4,8-9,13,15H,5-7,10-12H2,1H3,(H,17,18). The maximum absolute atomic E-state index is 12.1. The van der Waals surface area contributed by atoms with Crippen LogP contribution in [0.3, 0.4) is 0 Å². The van der Waals surface area contributed by atoms with Crippen molar-refractivity contribution in [2.45, 2.75) is 44.4 Å². The van der Waals surface area contributed by atoms with Gasteiger partial charge in [0.15, 0.2) is 9.84 Å². The van der Waals surface area contributed by atoms with Gasteiger partial charge < -0.3 is 5.32 Å². The maximum atomic E-state index is 12.1. The molecule has 5 heteroatoms. The topological polar surface area (TPSA) is 63.2 Å².